The molecule has 120 valence electrons. The zero-order valence-corrected chi connectivity index (χ0v) is 13.3. The van der Waals surface area contributed by atoms with Crippen LogP contribution in [0.5, 0.6) is 0 Å². The molecule has 8 nitrogen and oxygen atoms in total. The number of hydrogen-bond acceptors (Lipinski definition) is 8. The van der Waals surface area contributed by atoms with E-state index in [1.807, 2.05) is 13.8 Å². The third-order valence-corrected chi connectivity index (χ3v) is 4.03. The van der Waals surface area contributed by atoms with Crippen molar-refractivity contribution in [3.63, 3.8) is 0 Å². The molecule has 1 aliphatic heterocycles. The van der Waals surface area contributed by atoms with Crippen LogP contribution in [0.25, 0.3) is 0 Å². The molecule has 8 heteroatoms. The fraction of sp³-hybridized carbons (Fsp3) is 0.714. The first-order valence-corrected chi connectivity index (χ1v) is 7.73. The molecule has 1 aliphatic rings. The van der Waals surface area contributed by atoms with E-state index >= 15 is 0 Å². The van der Waals surface area contributed by atoms with E-state index in [0.717, 1.165) is 39.1 Å². The van der Waals surface area contributed by atoms with Crippen LogP contribution in [0, 0.1) is 6.92 Å². The van der Waals surface area contributed by atoms with Gasteiger partial charge in [-0.25, -0.2) is 0 Å². The summed E-state index contributed by atoms with van der Waals surface area (Å²) in [6.07, 6.45) is 0.780. The van der Waals surface area contributed by atoms with E-state index in [1.165, 1.54) is 0 Å². The lowest BCUT2D eigenvalue weighted by Crippen LogP contribution is -2.46. The first kappa shape index (κ1) is 15.1. The average Bonchev–Trinajstić information content (AvgIpc) is 3.16. The van der Waals surface area contributed by atoms with Crippen molar-refractivity contribution in [3.05, 3.63) is 23.5 Å². The first-order valence-electron chi connectivity index (χ1n) is 7.73. The van der Waals surface area contributed by atoms with Crippen LogP contribution in [0.4, 0.5) is 0 Å². The highest BCUT2D eigenvalue weighted by molar-refractivity contribution is 4.92. The minimum Gasteiger partial charge on any atom is -0.424 e. The van der Waals surface area contributed by atoms with Crippen LogP contribution in [0.3, 0.4) is 0 Å². The van der Waals surface area contributed by atoms with Crippen LogP contribution in [0.2, 0.25) is 0 Å². The van der Waals surface area contributed by atoms with Crippen molar-refractivity contribution in [1.82, 2.24) is 30.1 Å². The second kappa shape index (κ2) is 6.53. The highest BCUT2D eigenvalue weighted by Crippen LogP contribution is 2.20. The summed E-state index contributed by atoms with van der Waals surface area (Å²) in [6.45, 7) is 10.5. The smallest absolute Gasteiger partial charge is 0.243 e. The minimum absolute atomic E-state index is 0.151. The normalized spacial score (nSPS) is 18.7. The molecule has 0 saturated carbocycles. The van der Waals surface area contributed by atoms with Gasteiger partial charge in [-0.15, -0.1) is 10.2 Å². The van der Waals surface area contributed by atoms with Crippen LogP contribution in [0.15, 0.2) is 8.94 Å². The Kier molecular flexibility index (Phi) is 4.49. The van der Waals surface area contributed by atoms with E-state index in [2.05, 4.69) is 37.1 Å². The topological polar surface area (TPSA) is 84.3 Å². The van der Waals surface area contributed by atoms with Gasteiger partial charge in [0.1, 0.15) is 0 Å². The summed E-state index contributed by atoms with van der Waals surface area (Å²) in [5.74, 6) is 2.78. The molecule has 1 saturated heterocycles. The van der Waals surface area contributed by atoms with Crippen LogP contribution in [0.1, 0.15) is 43.4 Å². The summed E-state index contributed by atoms with van der Waals surface area (Å²) in [6, 6.07) is 0.151. The van der Waals surface area contributed by atoms with E-state index in [0.29, 0.717) is 23.5 Å². The molecule has 0 spiro atoms. The number of aryl methyl sites for hydroxylation is 2. The third-order valence-electron chi connectivity index (χ3n) is 4.03. The number of piperazine rings is 1. The van der Waals surface area contributed by atoms with Gasteiger partial charge in [-0.1, -0.05) is 12.1 Å². The summed E-state index contributed by atoms with van der Waals surface area (Å²) in [7, 11) is 0. The maximum Gasteiger partial charge on any atom is 0.243 e. The van der Waals surface area contributed by atoms with E-state index in [4.69, 9.17) is 8.94 Å². The van der Waals surface area contributed by atoms with Gasteiger partial charge < -0.3 is 8.94 Å². The molecule has 0 amide bonds. The molecule has 1 fully saturated rings. The summed E-state index contributed by atoms with van der Waals surface area (Å²) in [4.78, 5) is 9.00. The Balaban J connectivity index is 1.51. The summed E-state index contributed by atoms with van der Waals surface area (Å²) in [5, 5.41) is 11.9. The zero-order chi connectivity index (χ0) is 15.5. The molecular weight excluding hydrogens is 284 g/mol. The van der Waals surface area contributed by atoms with Crippen molar-refractivity contribution in [2.75, 3.05) is 26.2 Å². The van der Waals surface area contributed by atoms with E-state index in [1.54, 1.807) is 0 Å². The molecule has 2 aromatic heterocycles. The van der Waals surface area contributed by atoms with Crippen molar-refractivity contribution >= 4 is 0 Å². The van der Waals surface area contributed by atoms with Gasteiger partial charge >= 0.3 is 0 Å². The van der Waals surface area contributed by atoms with Crippen molar-refractivity contribution in [2.45, 2.75) is 39.8 Å². The van der Waals surface area contributed by atoms with E-state index < -0.39 is 0 Å². The van der Waals surface area contributed by atoms with E-state index in [-0.39, 0.29) is 6.04 Å². The van der Waals surface area contributed by atoms with Crippen molar-refractivity contribution < 1.29 is 8.94 Å². The molecule has 22 heavy (non-hydrogen) atoms. The Bertz CT molecular complexity index is 602. The van der Waals surface area contributed by atoms with Gasteiger partial charge in [-0.3, -0.25) is 9.80 Å². The van der Waals surface area contributed by atoms with Crippen LogP contribution in [-0.4, -0.2) is 56.3 Å². The predicted molar refractivity (Wildman–Crippen MR) is 78.0 cm³/mol. The maximum atomic E-state index is 5.57. The average molecular weight is 306 g/mol. The minimum atomic E-state index is 0.151. The summed E-state index contributed by atoms with van der Waals surface area (Å²) >= 11 is 0. The molecule has 1 atom stereocenters. The Morgan fingerprint density at radius 3 is 2.45 bits per heavy atom. The lowest BCUT2D eigenvalue weighted by molar-refractivity contribution is 0.0796. The largest absolute Gasteiger partial charge is 0.424 e. The molecule has 0 radical (unpaired) electrons. The number of nitrogens with zero attached hydrogens (tertiary/aromatic N) is 6. The van der Waals surface area contributed by atoms with Gasteiger partial charge in [0.25, 0.3) is 0 Å². The summed E-state index contributed by atoms with van der Waals surface area (Å²) in [5.41, 5.74) is 0. The van der Waals surface area contributed by atoms with Crippen LogP contribution in [-0.2, 0) is 13.0 Å². The van der Waals surface area contributed by atoms with Gasteiger partial charge in [0.15, 0.2) is 5.82 Å². The van der Waals surface area contributed by atoms with E-state index in [9.17, 15) is 0 Å². The number of aromatic nitrogens is 4. The van der Waals surface area contributed by atoms with Crippen molar-refractivity contribution in [1.29, 1.82) is 0 Å². The highest BCUT2D eigenvalue weighted by atomic mass is 16.5. The van der Waals surface area contributed by atoms with Crippen molar-refractivity contribution in [2.24, 2.45) is 0 Å². The van der Waals surface area contributed by atoms with Gasteiger partial charge in [-0.2, -0.15) is 4.98 Å². The van der Waals surface area contributed by atoms with Gasteiger partial charge in [-0.05, 0) is 13.8 Å². The monoisotopic (exact) mass is 306 g/mol. The lowest BCUT2D eigenvalue weighted by Gasteiger charge is -2.36. The molecule has 2 aromatic rings. The second-order valence-corrected chi connectivity index (χ2v) is 5.61. The number of hydrogen-bond donors (Lipinski definition) is 0. The molecule has 0 aromatic carbocycles. The molecule has 0 bridgehead atoms. The fourth-order valence-electron chi connectivity index (χ4n) is 2.63. The Morgan fingerprint density at radius 1 is 1.14 bits per heavy atom. The summed E-state index contributed by atoms with van der Waals surface area (Å²) < 4.78 is 10.8. The lowest BCUT2D eigenvalue weighted by atomic mass is 10.2. The third kappa shape index (κ3) is 3.33. The Hall–Kier alpha value is -1.80. The zero-order valence-electron chi connectivity index (χ0n) is 13.3. The Morgan fingerprint density at radius 2 is 1.86 bits per heavy atom. The second-order valence-electron chi connectivity index (χ2n) is 5.61. The standard InChI is InChI=1S/C14H22N6O2/c1-4-12-16-17-13(21-12)9-19-5-7-20(8-6-19)10(2)14-15-11(3)18-22-14/h10H,4-9H2,1-3H3/t10-/m0/s1. The number of rotatable bonds is 5. The SMILES string of the molecule is CCc1nnc(CN2CCN([C@@H](C)c3nc(C)no3)CC2)o1. The predicted octanol–water partition coefficient (Wildman–Crippen LogP) is 1.20. The maximum absolute atomic E-state index is 5.57. The first-order chi connectivity index (χ1) is 10.7. The molecule has 3 heterocycles. The molecule has 0 aliphatic carbocycles. The van der Waals surface area contributed by atoms with Gasteiger partial charge in [0.05, 0.1) is 12.6 Å². The molecule has 0 N–H and O–H groups in total. The van der Waals surface area contributed by atoms with Crippen molar-refractivity contribution in [3.8, 4) is 0 Å². The molecular formula is C14H22N6O2. The molecule has 0 unspecified atom stereocenters. The Labute approximate surface area is 129 Å². The van der Waals surface area contributed by atoms with Gasteiger partial charge in [0, 0.05) is 32.6 Å². The van der Waals surface area contributed by atoms with Crippen LogP contribution >= 0.6 is 0 Å². The molecule has 3 rings (SSSR count). The fourth-order valence-corrected chi connectivity index (χ4v) is 2.63. The highest BCUT2D eigenvalue weighted by Gasteiger charge is 2.26. The quantitative estimate of drug-likeness (QED) is 0.815. The van der Waals surface area contributed by atoms with Gasteiger partial charge in [0.2, 0.25) is 17.7 Å². The van der Waals surface area contributed by atoms with Crippen LogP contribution < -0.4 is 0 Å².